The third kappa shape index (κ3) is 4.14. The van der Waals surface area contributed by atoms with Crippen LogP contribution in [0.3, 0.4) is 0 Å². The highest BCUT2D eigenvalue weighted by molar-refractivity contribution is 5.22. The van der Waals surface area contributed by atoms with Gasteiger partial charge in [0.25, 0.3) is 0 Å². The smallest absolute Gasteiger partial charge is 0.0372 e. The fraction of sp³-hybridized carbons (Fsp3) is 0.688. The number of aromatic nitrogens is 1. The van der Waals surface area contributed by atoms with Gasteiger partial charge in [0.15, 0.2) is 0 Å². The summed E-state index contributed by atoms with van der Waals surface area (Å²) in [7, 11) is 0. The predicted octanol–water partition coefficient (Wildman–Crippen LogP) is 5.03. The van der Waals surface area contributed by atoms with Gasteiger partial charge in [-0.05, 0) is 36.8 Å². The molecule has 0 bridgehead atoms. The molecule has 17 heavy (non-hydrogen) atoms. The topological polar surface area (TPSA) is 12.9 Å². The molecule has 0 N–H and O–H groups in total. The number of aryl methyl sites for hydroxylation is 1. The highest BCUT2D eigenvalue weighted by atomic mass is 14.7. The molecular formula is C16H27N. The normalized spacial score (nSPS) is 14.6. The molecule has 1 aromatic heterocycles. The van der Waals surface area contributed by atoms with Crippen LogP contribution in [0.1, 0.15) is 70.6 Å². The Bertz CT molecular complexity index is 315. The van der Waals surface area contributed by atoms with Crippen molar-refractivity contribution in [1.82, 2.24) is 4.98 Å². The first-order valence-corrected chi connectivity index (χ1v) is 7.05. The Kier molecular flexibility index (Phi) is 5.67. The molecule has 1 aromatic rings. The molecule has 0 aliphatic carbocycles. The SMILES string of the molecule is CCCCCC(C)(CCC)c1ccc(C)nc1. The van der Waals surface area contributed by atoms with Crippen molar-refractivity contribution in [3.8, 4) is 0 Å². The van der Waals surface area contributed by atoms with Crippen LogP contribution >= 0.6 is 0 Å². The van der Waals surface area contributed by atoms with Crippen LogP contribution in [0.5, 0.6) is 0 Å². The number of rotatable bonds is 7. The van der Waals surface area contributed by atoms with Crippen molar-refractivity contribution in [2.45, 2.75) is 71.6 Å². The van der Waals surface area contributed by atoms with Gasteiger partial charge in [0.1, 0.15) is 0 Å². The van der Waals surface area contributed by atoms with Crippen molar-refractivity contribution in [2.75, 3.05) is 0 Å². The van der Waals surface area contributed by atoms with Gasteiger partial charge in [0, 0.05) is 11.9 Å². The van der Waals surface area contributed by atoms with E-state index in [4.69, 9.17) is 0 Å². The number of unbranched alkanes of at least 4 members (excludes halogenated alkanes) is 2. The van der Waals surface area contributed by atoms with Gasteiger partial charge in [-0.2, -0.15) is 0 Å². The predicted molar refractivity (Wildman–Crippen MR) is 75.4 cm³/mol. The van der Waals surface area contributed by atoms with Crippen LogP contribution in [0.2, 0.25) is 0 Å². The lowest BCUT2D eigenvalue weighted by Crippen LogP contribution is -2.22. The summed E-state index contributed by atoms with van der Waals surface area (Å²) in [6, 6.07) is 4.41. The summed E-state index contributed by atoms with van der Waals surface area (Å²) in [4.78, 5) is 4.46. The van der Waals surface area contributed by atoms with Crippen molar-refractivity contribution in [3.05, 3.63) is 29.6 Å². The molecule has 0 radical (unpaired) electrons. The summed E-state index contributed by atoms with van der Waals surface area (Å²) >= 11 is 0. The Morgan fingerprint density at radius 1 is 1.06 bits per heavy atom. The van der Waals surface area contributed by atoms with Crippen molar-refractivity contribution in [2.24, 2.45) is 0 Å². The van der Waals surface area contributed by atoms with Crippen LogP contribution in [0.15, 0.2) is 18.3 Å². The average molecular weight is 233 g/mol. The number of hydrogen-bond acceptors (Lipinski definition) is 1. The van der Waals surface area contributed by atoms with E-state index in [1.165, 1.54) is 44.1 Å². The molecule has 96 valence electrons. The molecule has 1 rings (SSSR count). The number of pyridine rings is 1. The van der Waals surface area contributed by atoms with Gasteiger partial charge in [0.05, 0.1) is 0 Å². The minimum Gasteiger partial charge on any atom is -0.261 e. The Morgan fingerprint density at radius 2 is 1.82 bits per heavy atom. The second-order valence-electron chi connectivity index (χ2n) is 5.46. The summed E-state index contributed by atoms with van der Waals surface area (Å²) in [5.41, 5.74) is 2.85. The summed E-state index contributed by atoms with van der Waals surface area (Å²) in [5.74, 6) is 0. The van der Waals surface area contributed by atoms with Crippen LogP contribution < -0.4 is 0 Å². The largest absolute Gasteiger partial charge is 0.261 e. The summed E-state index contributed by atoms with van der Waals surface area (Å²) < 4.78 is 0. The molecule has 1 nitrogen and oxygen atoms in total. The van der Waals surface area contributed by atoms with Crippen molar-refractivity contribution in [1.29, 1.82) is 0 Å². The Labute approximate surface area is 107 Å². The zero-order chi connectivity index (χ0) is 12.7. The molecule has 1 unspecified atom stereocenters. The van der Waals surface area contributed by atoms with E-state index in [0.29, 0.717) is 5.41 Å². The molecule has 1 heterocycles. The third-order valence-electron chi connectivity index (χ3n) is 3.74. The van der Waals surface area contributed by atoms with Crippen LogP contribution in [-0.4, -0.2) is 4.98 Å². The summed E-state index contributed by atoms with van der Waals surface area (Å²) in [5, 5.41) is 0. The molecule has 0 aliphatic rings. The van der Waals surface area contributed by atoms with Gasteiger partial charge in [0.2, 0.25) is 0 Å². The van der Waals surface area contributed by atoms with Crippen molar-refractivity contribution < 1.29 is 0 Å². The molecule has 1 heteroatoms. The van der Waals surface area contributed by atoms with E-state index in [-0.39, 0.29) is 0 Å². The maximum absolute atomic E-state index is 4.46. The quantitative estimate of drug-likeness (QED) is 0.602. The molecule has 0 saturated carbocycles. The average Bonchev–Trinajstić information content (AvgIpc) is 2.30. The van der Waals surface area contributed by atoms with E-state index in [9.17, 15) is 0 Å². The Balaban J connectivity index is 2.78. The molecule has 0 fully saturated rings. The Morgan fingerprint density at radius 3 is 2.35 bits per heavy atom. The van der Waals surface area contributed by atoms with E-state index >= 15 is 0 Å². The van der Waals surface area contributed by atoms with Gasteiger partial charge < -0.3 is 0 Å². The van der Waals surface area contributed by atoms with Gasteiger partial charge in [-0.25, -0.2) is 0 Å². The molecule has 0 aliphatic heterocycles. The first-order chi connectivity index (χ1) is 8.12. The van der Waals surface area contributed by atoms with E-state index in [1.54, 1.807) is 0 Å². The van der Waals surface area contributed by atoms with Crippen molar-refractivity contribution >= 4 is 0 Å². The fourth-order valence-electron chi connectivity index (χ4n) is 2.56. The molecule has 0 amide bonds. The second-order valence-corrected chi connectivity index (χ2v) is 5.46. The molecule has 0 saturated heterocycles. The fourth-order valence-corrected chi connectivity index (χ4v) is 2.56. The first-order valence-electron chi connectivity index (χ1n) is 7.05. The minimum atomic E-state index is 0.324. The third-order valence-corrected chi connectivity index (χ3v) is 3.74. The first kappa shape index (κ1) is 14.2. The van der Waals surface area contributed by atoms with Gasteiger partial charge in [-0.15, -0.1) is 0 Å². The van der Waals surface area contributed by atoms with Crippen LogP contribution in [-0.2, 0) is 5.41 Å². The van der Waals surface area contributed by atoms with E-state index in [2.05, 4.69) is 51.0 Å². The summed E-state index contributed by atoms with van der Waals surface area (Å²) in [6.45, 7) is 9.00. The second kappa shape index (κ2) is 6.78. The zero-order valence-corrected chi connectivity index (χ0v) is 11.9. The van der Waals surface area contributed by atoms with Crippen LogP contribution in [0.4, 0.5) is 0 Å². The lowest BCUT2D eigenvalue weighted by atomic mass is 9.75. The lowest BCUT2D eigenvalue weighted by Gasteiger charge is -2.30. The maximum atomic E-state index is 4.46. The molecule has 1 atom stereocenters. The van der Waals surface area contributed by atoms with E-state index < -0.39 is 0 Å². The zero-order valence-electron chi connectivity index (χ0n) is 11.9. The standard InChI is InChI=1S/C16H27N/c1-5-7-8-12-16(4,11-6-2)15-10-9-14(3)17-13-15/h9-10,13H,5-8,11-12H2,1-4H3. The molecular weight excluding hydrogens is 206 g/mol. The van der Waals surface area contributed by atoms with Crippen LogP contribution in [0, 0.1) is 6.92 Å². The summed E-state index contributed by atoms with van der Waals surface area (Å²) in [6.07, 6.45) is 9.86. The maximum Gasteiger partial charge on any atom is 0.0372 e. The van der Waals surface area contributed by atoms with E-state index in [1.807, 2.05) is 0 Å². The van der Waals surface area contributed by atoms with Crippen molar-refractivity contribution in [3.63, 3.8) is 0 Å². The molecule has 0 aromatic carbocycles. The Hall–Kier alpha value is -0.850. The number of nitrogens with zero attached hydrogens (tertiary/aromatic N) is 1. The minimum absolute atomic E-state index is 0.324. The van der Waals surface area contributed by atoms with E-state index in [0.717, 1.165) is 5.69 Å². The highest BCUT2D eigenvalue weighted by Gasteiger charge is 2.25. The van der Waals surface area contributed by atoms with Gasteiger partial charge in [-0.1, -0.05) is 52.5 Å². The monoisotopic (exact) mass is 233 g/mol. The van der Waals surface area contributed by atoms with Gasteiger partial charge in [-0.3, -0.25) is 4.98 Å². The van der Waals surface area contributed by atoms with Gasteiger partial charge >= 0.3 is 0 Å². The number of hydrogen-bond donors (Lipinski definition) is 0. The molecule has 0 spiro atoms. The van der Waals surface area contributed by atoms with Crippen LogP contribution in [0.25, 0.3) is 0 Å². The lowest BCUT2D eigenvalue weighted by molar-refractivity contribution is 0.378. The highest BCUT2D eigenvalue weighted by Crippen LogP contribution is 2.34.